The highest BCUT2D eigenvalue weighted by atomic mass is 33.1. The van der Waals surface area contributed by atoms with Gasteiger partial charge in [-0.25, -0.2) is 0 Å². The summed E-state index contributed by atoms with van der Waals surface area (Å²) in [7, 11) is 1.37. The van der Waals surface area contributed by atoms with Crippen molar-refractivity contribution in [2.24, 2.45) is 0 Å². The van der Waals surface area contributed by atoms with Crippen molar-refractivity contribution in [3.63, 3.8) is 0 Å². The van der Waals surface area contributed by atoms with Gasteiger partial charge in [-0.3, -0.25) is 4.79 Å². The molecule has 1 N–H and O–H groups in total. The van der Waals surface area contributed by atoms with Crippen molar-refractivity contribution in [3.05, 3.63) is 24.3 Å². The second-order valence-corrected chi connectivity index (χ2v) is 3.08. The molecule has 1 rings (SSSR count). The van der Waals surface area contributed by atoms with Crippen LogP contribution in [0.2, 0.25) is 0 Å². The number of hydrogen-bond acceptors (Lipinski definition) is 3. The molecule has 0 saturated carbocycles. The number of hydrogen-bond donors (Lipinski definition) is 2. The summed E-state index contributed by atoms with van der Waals surface area (Å²) >= 11 is 4.02. The van der Waals surface area contributed by atoms with Crippen LogP contribution in [-0.4, -0.2) is 6.41 Å². The predicted octanol–water partition coefficient (Wildman–Crippen LogP) is 2.19. The Bertz CT molecular complexity index is 235. The van der Waals surface area contributed by atoms with Gasteiger partial charge in [0.05, 0.1) is 0 Å². The van der Waals surface area contributed by atoms with E-state index < -0.39 is 0 Å². The van der Waals surface area contributed by atoms with Gasteiger partial charge >= 0.3 is 0 Å². The van der Waals surface area contributed by atoms with Crippen LogP contribution in [0.5, 0.6) is 0 Å². The van der Waals surface area contributed by atoms with Crippen molar-refractivity contribution >= 4 is 34.6 Å². The minimum Gasteiger partial charge on any atom is -0.329 e. The monoisotopic (exact) mass is 185 g/mol. The van der Waals surface area contributed by atoms with Crippen molar-refractivity contribution in [1.82, 2.24) is 0 Å². The molecule has 0 aromatic heterocycles. The molecule has 58 valence electrons. The van der Waals surface area contributed by atoms with Crippen LogP contribution in [0.1, 0.15) is 0 Å². The van der Waals surface area contributed by atoms with E-state index in [1.807, 2.05) is 24.3 Å². The van der Waals surface area contributed by atoms with Crippen LogP contribution >= 0.6 is 22.5 Å². The molecule has 1 amide bonds. The number of carbonyl (C=O) groups is 1. The average Bonchev–Trinajstić information content (AvgIpc) is 2.07. The van der Waals surface area contributed by atoms with Gasteiger partial charge in [-0.2, -0.15) is 0 Å². The zero-order chi connectivity index (χ0) is 8.10. The number of nitrogens with one attached hydrogen (secondary N) is 1. The number of rotatable bonds is 3. The van der Waals surface area contributed by atoms with E-state index >= 15 is 0 Å². The fraction of sp³-hybridized carbons (Fsp3) is 0. The third kappa shape index (κ3) is 2.48. The van der Waals surface area contributed by atoms with Gasteiger partial charge in [-0.15, -0.1) is 11.7 Å². The lowest BCUT2D eigenvalue weighted by Crippen LogP contribution is -1.92. The second-order valence-electron chi connectivity index (χ2n) is 1.88. The molecule has 0 atom stereocenters. The number of carbonyl (C=O) groups excluding carboxylic acids is 1. The molecule has 4 heteroatoms. The summed E-state index contributed by atoms with van der Waals surface area (Å²) in [6, 6.07) is 7.44. The third-order valence-corrected chi connectivity index (χ3v) is 2.30. The summed E-state index contributed by atoms with van der Waals surface area (Å²) in [5.41, 5.74) is 0.797. The van der Waals surface area contributed by atoms with Crippen molar-refractivity contribution < 1.29 is 4.79 Å². The van der Waals surface area contributed by atoms with Gasteiger partial charge in [0, 0.05) is 10.6 Å². The normalized spacial score (nSPS) is 9.18. The maximum absolute atomic E-state index is 10.00. The molecule has 11 heavy (non-hydrogen) atoms. The molecule has 0 radical (unpaired) electrons. The van der Waals surface area contributed by atoms with Crippen molar-refractivity contribution in [1.29, 1.82) is 0 Å². The van der Waals surface area contributed by atoms with Gasteiger partial charge in [-0.05, 0) is 24.3 Å². The van der Waals surface area contributed by atoms with Crippen LogP contribution in [0.15, 0.2) is 29.2 Å². The Morgan fingerprint density at radius 3 is 2.45 bits per heavy atom. The quantitative estimate of drug-likeness (QED) is 0.429. The van der Waals surface area contributed by atoms with Crippen LogP contribution < -0.4 is 5.32 Å². The Morgan fingerprint density at radius 2 is 2.00 bits per heavy atom. The first-order chi connectivity index (χ1) is 5.36. The molecule has 0 fully saturated rings. The number of benzene rings is 1. The van der Waals surface area contributed by atoms with E-state index in [1.54, 1.807) is 0 Å². The summed E-state index contributed by atoms with van der Waals surface area (Å²) in [6.45, 7) is 0. The zero-order valence-corrected chi connectivity index (χ0v) is 7.36. The van der Waals surface area contributed by atoms with Gasteiger partial charge in [0.1, 0.15) is 0 Å². The molecule has 0 heterocycles. The van der Waals surface area contributed by atoms with E-state index in [4.69, 9.17) is 0 Å². The smallest absolute Gasteiger partial charge is 0.211 e. The number of thiol groups is 1. The molecule has 1 aromatic carbocycles. The van der Waals surface area contributed by atoms with E-state index in [-0.39, 0.29) is 0 Å². The van der Waals surface area contributed by atoms with Crippen LogP contribution in [0, 0.1) is 0 Å². The van der Waals surface area contributed by atoms with Crippen molar-refractivity contribution in [3.8, 4) is 0 Å². The number of anilines is 1. The van der Waals surface area contributed by atoms with E-state index in [0.29, 0.717) is 6.41 Å². The summed E-state index contributed by atoms with van der Waals surface area (Å²) in [6.07, 6.45) is 0.656. The third-order valence-electron chi connectivity index (χ3n) is 1.19. The standard InChI is InChI=1S/C7H7NOS2/c9-5-8-6-1-3-7(11-10)4-2-6/h1-5,10H,(H,8,9). The van der Waals surface area contributed by atoms with E-state index in [2.05, 4.69) is 17.0 Å². The SMILES string of the molecule is O=CNc1ccc(SS)cc1. The van der Waals surface area contributed by atoms with Crippen LogP contribution in [0.4, 0.5) is 5.69 Å². The van der Waals surface area contributed by atoms with Gasteiger partial charge in [0.15, 0.2) is 0 Å². The lowest BCUT2D eigenvalue weighted by atomic mass is 10.3. The highest BCUT2D eigenvalue weighted by molar-refractivity contribution is 8.68. The van der Waals surface area contributed by atoms with Gasteiger partial charge < -0.3 is 5.32 Å². The second kappa shape index (κ2) is 4.31. The molecular formula is C7H7NOS2. The lowest BCUT2D eigenvalue weighted by molar-refractivity contribution is -0.105. The largest absolute Gasteiger partial charge is 0.329 e. The summed E-state index contributed by atoms with van der Waals surface area (Å²) in [5, 5.41) is 2.54. The molecule has 0 unspecified atom stereocenters. The van der Waals surface area contributed by atoms with Crippen LogP contribution in [-0.2, 0) is 4.79 Å². The molecular weight excluding hydrogens is 178 g/mol. The van der Waals surface area contributed by atoms with E-state index in [1.165, 1.54) is 10.8 Å². The minimum atomic E-state index is 0.656. The molecule has 2 nitrogen and oxygen atoms in total. The zero-order valence-electron chi connectivity index (χ0n) is 5.65. The molecule has 0 aliphatic carbocycles. The summed E-state index contributed by atoms with van der Waals surface area (Å²) < 4.78 is 0. The van der Waals surface area contributed by atoms with Crippen molar-refractivity contribution in [2.75, 3.05) is 5.32 Å². The summed E-state index contributed by atoms with van der Waals surface area (Å²) in [5.74, 6) is 0. The van der Waals surface area contributed by atoms with Gasteiger partial charge in [-0.1, -0.05) is 10.8 Å². The van der Waals surface area contributed by atoms with E-state index in [0.717, 1.165) is 10.6 Å². The fourth-order valence-corrected chi connectivity index (χ4v) is 1.30. The highest BCUT2D eigenvalue weighted by Gasteiger charge is 1.90. The molecule has 0 aliphatic rings. The Kier molecular flexibility index (Phi) is 3.32. The number of amides is 1. The van der Waals surface area contributed by atoms with Gasteiger partial charge in [0.2, 0.25) is 6.41 Å². The first-order valence-corrected chi connectivity index (χ1v) is 4.85. The Hall–Kier alpha value is -0.610. The first-order valence-electron chi connectivity index (χ1n) is 2.98. The van der Waals surface area contributed by atoms with E-state index in [9.17, 15) is 4.79 Å². The highest BCUT2D eigenvalue weighted by Crippen LogP contribution is 2.22. The first kappa shape index (κ1) is 8.49. The van der Waals surface area contributed by atoms with Crippen molar-refractivity contribution in [2.45, 2.75) is 4.90 Å². The Balaban J connectivity index is 2.74. The average molecular weight is 185 g/mol. The molecule has 1 aromatic rings. The van der Waals surface area contributed by atoms with Crippen LogP contribution in [0.3, 0.4) is 0 Å². The molecule has 0 bridgehead atoms. The predicted molar refractivity (Wildman–Crippen MR) is 51.0 cm³/mol. The minimum absolute atomic E-state index is 0.656. The fourth-order valence-electron chi connectivity index (χ4n) is 0.680. The molecule has 0 aliphatic heterocycles. The molecule has 0 spiro atoms. The summed E-state index contributed by atoms with van der Waals surface area (Å²) in [4.78, 5) is 11.1. The maximum Gasteiger partial charge on any atom is 0.211 e. The Labute approximate surface area is 74.2 Å². The Morgan fingerprint density at radius 1 is 1.36 bits per heavy atom. The molecule has 0 saturated heterocycles. The lowest BCUT2D eigenvalue weighted by Gasteiger charge is -1.98. The van der Waals surface area contributed by atoms with Crippen LogP contribution in [0.25, 0.3) is 0 Å². The topological polar surface area (TPSA) is 29.1 Å². The maximum atomic E-state index is 10.00. The van der Waals surface area contributed by atoms with Gasteiger partial charge in [0.25, 0.3) is 0 Å².